The number of hydrogen-bond donors (Lipinski definition) is 1. The summed E-state index contributed by atoms with van der Waals surface area (Å²) in [6.45, 7) is 0.329. The summed E-state index contributed by atoms with van der Waals surface area (Å²) in [4.78, 5) is 14.8. The topological polar surface area (TPSA) is 68.7 Å². The highest BCUT2D eigenvalue weighted by molar-refractivity contribution is 5.70. The highest BCUT2D eigenvalue weighted by atomic mass is 16.5. The number of carboxylic acid groups (broad SMARTS) is 1. The van der Waals surface area contributed by atoms with Gasteiger partial charge in [0.15, 0.2) is 0 Å². The molecule has 1 aromatic heterocycles. The van der Waals surface area contributed by atoms with Crippen molar-refractivity contribution in [2.24, 2.45) is 0 Å². The summed E-state index contributed by atoms with van der Waals surface area (Å²) in [5, 5.41) is 8.69. The van der Waals surface area contributed by atoms with Gasteiger partial charge >= 0.3 is 5.97 Å². The minimum absolute atomic E-state index is 0.0116. The van der Waals surface area contributed by atoms with E-state index in [-0.39, 0.29) is 6.42 Å². The monoisotopic (exact) mass is 273 g/mol. The summed E-state index contributed by atoms with van der Waals surface area (Å²) in [7, 11) is 1.56. The molecule has 0 radical (unpaired) electrons. The van der Waals surface area contributed by atoms with Crippen LogP contribution in [0.2, 0.25) is 0 Å². The fourth-order valence-corrected chi connectivity index (χ4v) is 1.69. The fourth-order valence-electron chi connectivity index (χ4n) is 1.69. The van der Waals surface area contributed by atoms with Gasteiger partial charge in [-0.05, 0) is 23.8 Å². The lowest BCUT2D eigenvalue weighted by atomic mass is 10.1. The number of methoxy groups -OCH3 is 1. The van der Waals surface area contributed by atoms with Crippen LogP contribution in [0.4, 0.5) is 0 Å². The molecule has 0 saturated heterocycles. The molecule has 0 saturated carbocycles. The van der Waals surface area contributed by atoms with Crippen molar-refractivity contribution in [3.8, 4) is 11.6 Å². The molecule has 104 valence electrons. The standard InChI is InChI=1S/C15H15NO4/c1-19-14-4-2-3-12(16-14)10-20-13-7-5-11(6-8-13)9-15(17)18/h2-8H,9-10H2,1H3,(H,17,18). The first-order valence-electron chi connectivity index (χ1n) is 6.11. The number of aliphatic carboxylic acids is 1. The van der Waals surface area contributed by atoms with Crippen molar-refractivity contribution in [3.05, 3.63) is 53.7 Å². The molecule has 2 aromatic rings. The van der Waals surface area contributed by atoms with E-state index >= 15 is 0 Å². The first kappa shape index (κ1) is 13.9. The normalized spacial score (nSPS) is 10.1. The van der Waals surface area contributed by atoms with Crippen molar-refractivity contribution in [2.75, 3.05) is 7.11 Å². The predicted octanol–water partition coefficient (Wildman–Crippen LogP) is 2.30. The van der Waals surface area contributed by atoms with Crippen LogP contribution in [0, 0.1) is 0 Å². The minimum Gasteiger partial charge on any atom is -0.487 e. The molecule has 5 nitrogen and oxygen atoms in total. The first-order chi connectivity index (χ1) is 9.67. The Bertz CT molecular complexity index is 581. The second-order valence-electron chi connectivity index (χ2n) is 4.17. The molecule has 0 spiro atoms. The number of carboxylic acids is 1. The van der Waals surface area contributed by atoms with Gasteiger partial charge in [-0.2, -0.15) is 0 Å². The third kappa shape index (κ3) is 3.98. The lowest BCUT2D eigenvalue weighted by Gasteiger charge is -2.07. The van der Waals surface area contributed by atoms with Crippen LogP contribution in [0.25, 0.3) is 0 Å². The van der Waals surface area contributed by atoms with Gasteiger partial charge in [-0.1, -0.05) is 18.2 Å². The summed E-state index contributed by atoms with van der Waals surface area (Å²) in [6.07, 6.45) is 0.0116. The van der Waals surface area contributed by atoms with Gasteiger partial charge in [0.2, 0.25) is 5.88 Å². The third-order valence-electron chi connectivity index (χ3n) is 2.66. The van der Waals surface area contributed by atoms with Crippen LogP contribution in [0.1, 0.15) is 11.3 Å². The maximum atomic E-state index is 10.6. The quantitative estimate of drug-likeness (QED) is 0.874. The lowest BCUT2D eigenvalue weighted by molar-refractivity contribution is -0.136. The molecule has 1 heterocycles. The van der Waals surface area contributed by atoms with Crippen LogP contribution in [-0.4, -0.2) is 23.2 Å². The molecule has 20 heavy (non-hydrogen) atoms. The Morgan fingerprint density at radius 3 is 2.60 bits per heavy atom. The maximum absolute atomic E-state index is 10.6. The molecule has 1 N–H and O–H groups in total. The van der Waals surface area contributed by atoms with Gasteiger partial charge in [-0.15, -0.1) is 0 Å². The van der Waals surface area contributed by atoms with Crippen LogP contribution in [0.3, 0.4) is 0 Å². The van der Waals surface area contributed by atoms with Gasteiger partial charge in [0.05, 0.1) is 19.2 Å². The molecule has 2 rings (SSSR count). The van der Waals surface area contributed by atoms with Gasteiger partial charge in [-0.3, -0.25) is 4.79 Å². The van der Waals surface area contributed by atoms with Crippen molar-refractivity contribution in [2.45, 2.75) is 13.0 Å². The second-order valence-corrected chi connectivity index (χ2v) is 4.17. The number of carbonyl (C=O) groups is 1. The van der Waals surface area contributed by atoms with E-state index in [1.54, 1.807) is 37.4 Å². The summed E-state index contributed by atoms with van der Waals surface area (Å²) >= 11 is 0. The second kappa shape index (κ2) is 6.56. The van der Waals surface area contributed by atoms with Crippen LogP contribution < -0.4 is 9.47 Å². The Labute approximate surface area is 116 Å². The molecule has 0 aliphatic carbocycles. The van der Waals surface area contributed by atoms with Crippen molar-refractivity contribution >= 4 is 5.97 Å². The van der Waals surface area contributed by atoms with Gasteiger partial charge < -0.3 is 14.6 Å². The summed E-state index contributed by atoms with van der Waals surface area (Å²) in [5.74, 6) is 0.367. The van der Waals surface area contributed by atoms with Gasteiger partial charge in [0, 0.05) is 6.07 Å². The number of hydrogen-bond acceptors (Lipinski definition) is 4. The first-order valence-corrected chi connectivity index (χ1v) is 6.11. The minimum atomic E-state index is -0.848. The fraction of sp³-hybridized carbons (Fsp3) is 0.200. The smallest absolute Gasteiger partial charge is 0.307 e. The molecule has 0 aliphatic heterocycles. The van der Waals surface area contributed by atoms with Crippen molar-refractivity contribution in [1.29, 1.82) is 0 Å². The molecular formula is C15H15NO4. The Hall–Kier alpha value is -2.56. The zero-order chi connectivity index (χ0) is 14.4. The number of nitrogens with zero attached hydrogens (tertiary/aromatic N) is 1. The molecule has 5 heteroatoms. The summed E-state index contributed by atoms with van der Waals surface area (Å²) in [6, 6.07) is 12.4. The zero-order valence-corrected chi connectivity index (χ0v) is 11.1. The molecule has 0 unspecified atom stereocenters. The van der Waals surface area contributed by atoms with Crippen molar-refractivity contribution in [3.63, 3.8) is 0 Å². The highest BCUT2D eigenvalue weighted by Gasteiger charge is 2.02. The van der Waals surface area contributed by atoms with E-state index < -0.39 is 5.97 Å². The van der Waals surface area contributed by atoms with Gasteiger partial charge in [0.1, 0.15) is 12.4 Å². The zero-order valence-electron chi connectivity index (χ0n) is 11.1. The van der Waals surface area contributed by atoms with E-state index in [0.717, 1.165) is 11.3 Å². The summed E-state index contributed by atoms with van der Waals surface area (Å²) in [5.41, 5.74) is 1.50. The van der Waals surface area contributed by atoms with Gasteiger partial charge in [0.25, 0.3) is 0 Å². The Balaban J connectivity index is 1.94. The third-order valence-corrected chi connectivity index (χ3v) is 2.66. The maximum Gasteiger partial charge on any atom is 0.307 e. The number of pyridine rings is 1. The van der Waals surface area contributed by atoms with E-state index in [9.17, 15) is 4.79 Å². The SMILES string of the molecule is COc1cccc(COc2ccc(CC(=O)O)cc2)n1. The van der Waals surface area contributed by atoms with E-state index in [1.165, 1.54) is 0 Å². The van der Waals surface area contributed by atoms with E-state index in [2.05, 4.69) is 4.98 Å². The number of rotatable bonds is 6. The predicted molar refractivity (Wildman–Crippen MR) is 72.9 cm³/mol. The Kier molecular flexibility index (Phi) is 4.55. The van der Waals surface area contributed by atoms with Gasteiger partial charge in [-0.25, -0.2) is 4.98 Å². The largest absolute Gasteiger partial charge is 0.487 e. The van der Waals surface area contributed by atoms with Crippen LogP contribution in [-0.2, 0) is 17.8 Å². The van der Waals surface area contributed by atoms with E-state index in [1.807, 2.05) is 12.1 Å². The average molecular weight is 273 g/mol. The molecular weight excluding hydrogens is 258 g/mol. The molecule has 1 aromatic carbocycles. The average Bonchev–Trinajstić information content (AvgIpc) is 2.46. The molecule has 0 amide bonds. The highest BCUT2D eigenvalue weighted by Crippen LogP contribution is 2.15. The van der Waals surface area contributed by atoms with Crippen LogP contribution in [0.5, 0.6) is 11.6 Å². The number of ether oxygens (including phenoxy) is 2. The lowest BCUT2D eigenvalue weighted by Crippen LogP contribution is -2.01. The Morgan fingerprint density at radius 2 is 1.95 bits per heavy atom. The summed E-state index contributed by atoms with van der Waals surface area (Å²) < 4.78 is 10.6. The molecule has 0 aliphatic rings. The molecule has 0 fully saturated rings. The molecule has 0 bridgehead atoms. The van der Waals surface area contributed by atoms with E-state index in [0.29, 0.717) is 18.2 Å². The molecule has 0 atom stereocenters. The number of aromatic nitrogens is 1. The Morgan fingerprint density at radius 1 is 1.20 bits per heavy atom. The van der Waals surface area contributed by atoms with E-state index in [4.69, 9.17) is 14.6 Å². The van der Waals surface area contributed by atoms with Crippen LogP contribution in [0.15, 0.2) is 42.5 Å². The number of benzene rings is 1. The van der Waals surface area contributed by atoms with Crippen LogP contribution >= 0.6 is 0 Å². The van der Waals surface area contributed by atoms with Crippen molar-refractivity contribution < 1.29 is 19.4 Å². The van der Waals surface area contributed by atoms with Crippen molar-refractivity contribution in [1.82, 2.24) is 4.98 Å².